The summed E-state index contributed by atoms with van der Waals surface area (Å²) in [5.74, 6) is 1.12. The van der Waals surface area contributed by atoms with Crippen molar-refractivity contribution < 1.29 is 19.1 Å². The molecule has 1 aliphatic heterocycles. The van der Waals surface area contributed by atoms with Crippen LogP contribution >= 0.6 is 0 Å². The van der Waals surface area contributed by atoms with E-state index in [1.54, 1.807) is 26.5 Å². The van der Waals surface area contributed by atoms with Crippen molar-refractivity contribution in [1.29, 1.82) is 0 Å². The third-order valence-corrected chi connectivity index (χ3v) is 5.95. The van der Waals surface area contributed by atoms with Crippen LogP contribution in [0.3, 0.4) is 0 Å². The first-order valence-electron chi connectivity index (χ1n) is 10.8. The van der Waals surface area contributed by atoms with Crippen LogP contribution in [0.5, 0.6) is 5.75 Å². The summed E-state index contributed by atoms with van der Waals surface area (Å²) in [6.45, 7) is 4.49. The monoisotopic (exact) mass is 418 g/mol. The first-order chi connectivity index (χ1) is 14.5. The first kappa shape index (κ1) is 22.5. The van der Waals surface area contributed by atoms with Gasteiger partial charge < -0.3 is 20.1 Å². The largest absolute Gasteiger partial charge is 0.494 e. The van der Waals surface area contributed by atoms with Gasteiger partial charge in [0.1, 0.15) is 5.75 Å². The lowest BCUT2D eigenvalue weighted by Gasteiger charge is -2.30. The van der Waals surface area contributed by atoms with Crippen molar-refractivity contribution >= 4 is 11.8 Å². The van der Waals surface area contributed by atoms with Crippen LogP contribution in [0.1, 0.15) is 48.2 Å². The second-order valence-electron chi connectivity index (χ2n) is 8.31. The van der Waals surface area contributed by atoms with Crippen LogP contribution < -0.4 is 15.4 Å². The molecule has 8 nitrogen and oxygen atoms in total. The van der Waals surface area contributed by atoms with Crippen LogP contribution in [-0.4, -0.2) is 74.2 Å². The van der Waals surface area contributed by atoms with Gasteiger partial charge in [-0.05, 0) is 44.6 Å². The standard InChI is InChI=1S/C22H34N4O4/c1-15-10-19(20(30-3)13-24-15)22(28)25-12-18-7-6-17(26(18)14-16-4-5-16)11-21(27)23-8-9-29-2/h10,13,16-18H,4-9,11-12,14H2,1-3H3,(H,23,27)(H,25,28)/t17-,18+/m1/s1. The minimum atomic E-state index is -0.149. The average Bonchev–Trinajstić information content (AvgIpc) is 3.48. The molecule has 3 rings (SSSR count). The summed E-state index contributed by atoms with van der Waals surface area (Å²) in [6.07, 6.45) is 6.56. The molecule has 0 unspecified atom stereocenters. The summed E-state index contributed by atoms with van der Waals surface area (Å²) >= 11 is 0. The number of nitrogens with zero attached hydrogens (tertiary/aromatic N) is 2. The van der Waals surface area contributed by atoms with Gasteiger partial charge in [-0.3, -0.25) is 19.5 Å². The summed E-state index contributed by atoms with van der Waals surface area (Å²) in [5, 5.41) is 6.00. The van der Waals surface area contributed by atoms with Crippen LogP contribution in [0.2, 0.25) is 0 Å². The highest BCUT2D eigenvalue weighted by molar-refractivity contribution is 5.96. The van der Waals surface area contributed by atoms with E-state index in [-0.39, 0.29) is 23.9 Å². The Hall–Kier alpha value is -2.19. The van der Waals surface area contributed by atoms with E-state index in [1.807, 2.05) is 6.92 Å². The molecule has 166 valence electrons. The molecule has 1 aromatic rings. The van der Waals surface area contributed by atoms with Crippen molar-refractivity contribution in [3.05, 3.63) is 23.5 Å². The fraction of sp³-hybridized carbons (Fsp3) is 0.682. The van der Waals surface area contributed by atoms with E-state index >= 15 is 0 Å². The number of rotatable bonds is 11. The molecular formula is C22H34N4O4. The van der Waals surface area contributed by atoms with Gasteiger partial charge in [0, 0.05) is 50.9 Å². The van der Waals surface area contributed by atoms with E-state index < -0.39 is 0 Å². The Morgan fingerprint density at radius 1 is 1.17 bits per heavy atom. The molecule has 30 heavy (non-hydrogen) atoms. The Labute approximate surface area is 178 Å². The molecule has 2 atom stereocenters. The number of methoxy groups -OCH3 is 2. The van der Waals surface area contributed by atoms with Gasteiger partial charge in [-0.15, -0.1) is 0 Å². The minimum Gasteiger partial charge on any atom is -0.494 e. The predicted octanol–water partition coefficient (Wildman–Crippen LogP) is 1.52. The number of hydrogen-bond acceptors (Lipinski definition) is 6. The van der Waals surface area contributed by atoms with E-state index in [2.05, 4.69) is 20.5 Å². The van der Waals surface area contributed by atoms with Crippen LogP contribution in [0.15, 0.2) is 12.3 Å². The van der Waals surface area contributed by atoms with Crippen molar-refractivity contribution in [2.75, 3.05) is 40.5 Å². The highest BCUT2D eigenvalue weighted by Crippen LogP contribution is 2.35. The lowest BCUT2D eigenvalue weighted by molar-refractivity contribution is -0.122. The van der Waals surface area contributed by atoms with Crippen molar-refractivity contribution in [2.24, 2.45) is 5.92 Å². The smallest absolute Gasteiger partial charge is 0.255 e. The second kappa shape index (κ2) is 10.7. The van der Waals surface area contributed by atoms with Gasteiger partial charge in [-0.25, -0.2) is 0 Å². The van der Waals surface area contributed by atoms with Gasteiger partial charge >= 0.3 is 0 Å². The molecule has 1 aromatic heterocycles. The topological polar surface area (TPSA) is 92.8 Å². The van der Waals surface area contributed by atoms with Gasteiger partial charge in [0.05, 0.1) is 25.5 Å². The highest BCUT2D eigenvalue weighted by atomic mass is 16.5. The molecule has 0 bridgehead atoms. The SMILES string of the molecule is COCCNC(=O)C[C@H]1CC[C@@H](CNC(=O)c2cc(C)ncc2OC)N1CC1CC1. The van der Waals surface area contributed by atoms with Crippen LogP contribution in [0.4, 0.5) is 0 Å². The third-order valence-electron chi connectivity index (χ3n) is 5.95. The summed E-state index contributed by atoms with van der Waals surface area (Å²) in [4.78, 5) is 31.7. The van der Waals surface area contributed by atoms with Gasteiger partial charge in [0.15, 0.2) is 0 Å². The molecule has 2 fully saturated rings. The molecule has 2 N–H and O–H groups in total. The zero-order valence-corrected chi connectivity index (χ0v) is 18.3. The summed E-state index contributed by atoms with van der Waals surface area (Å²) < 4.78 is 10.3. The maximum absolute atomic E-state index is 12.8. The highest BCUT2D eigenvalue weighted by Gasteiger charge is 2.38. The van der Waals surface area contributed by atoms with E-state index in [0.29, 0.717) is 37.4 Å². The molecule has 2 aliphatic rings. The van der Waals surface area contributed by atoms with E-state index in [1.165, 1.54) is 12.8 Å². The number of carbonyl (C=O) groups is 2. The van der Waals surface area contributed by atoms with Gasteiger partial charge in [0.2, 0.25) is 5.91 Å². The second-order valence-corrected chi connectivity index (χ2v) is 8.31. The molecule has 0 spiro atoms. The van der Waals surface area contributed by atoms with Crippen molar-refractivity contribution in [1.82, 2.24) is 20.5 Å². The van der Waals surface area contributed by atoms with Gasteiger partial charge in [-0.2, -0.15) is 0 Å². The normalized spacial score (nSPS) is 21.4. The average molecular weight is 419 g/mol. The molecule has 2 amide bonds. The molecular weight excluding hydrogens is 384 g/mol. The van der Waals surface area contributed by atoms with Crippen LogP contribution in [-0.2, 0) is 9.53 Å². The molecule has 1 aliphatic carbocycles. The molecule has 0 aromatic carbocycles. The number of likely N-dealkylation sites (tertiary alicyclic amines) is 1. The van der Waals surface area contributed by atoms with Gasteiger partial charge in [-0.1, -0.05) is 0 Å². The number of aromatic nitrogens is 1. The van der Waals surface area contributed by atoms with Crippen LogP contribution in [0.25, 0.3) is 0 Å². The van der Waals surface area contributed by atoms with Gasteiger partial charge in [0.25, 0.3) is 5.91 Å². The van der Waals surface area contributed by atoms with Crippen molar-refractivity contribution in [2.45, 2.75) is 51.1 Å². The Morgan fingerprint density at radius 2 is 1.93 bits per heavy atom. The van der Waals surface area contributed by atoms with E-state index in [9.17, 15) is 9.59 Å². The van der Waals surface area contributed by atoms with Crippen molar-refractivity contribution in [3.8, 4) is 5.75 Å². The van der Waals surface area contributed by atoms with E-state index in [0.717, 1.165) is 31.0 Å². The number of aryl methyl sites for hydroxylation is 1. The Morgan fingerprint density at radius 3 is 2.63 bits per heavy atom. The Bertz CT molecular complexity index is 738. The number of carbonyl (C=O) groups excluding carboxylic acids is 2. The third kappa shape index (κ3) is 6.15. The molecule has 8 heteroatoms. The summed E-state index contributed by atoms with van der Waals surface area (Å²) in [7, 11) is 3.17. The first-order valence-corrected chi connectivity index (χ1v) is 10.8. The number of hydrogen-bond donors (Lipinski definition) is 2. The summed E-state index contributed by atoms with van der Waals surface area (Å²) in [5.41, 5.74) is 1.28. The number of nitrogens with one attached hydrogen (secondary N) is 2. The quantitative estimate of drug-likeness (QED) is 0.530. The molecule has 0 radical (unpaired) electrons. The summed E-state index contributed by atoms with van der Waals surface area (Å²) in [6, 6.07) is 2.23. The fourth-order valence-corrected chi connectivity index (χ4v) is 4.12. The number of amides is 2. The van der Waals surface area contributed by atoms with Crippen molar-refractivity contribution in [3.63, 3.8) is 0 Å². The fourth-order valence-electron chi connectivity index (χ4n) is 4.12. The maximum atomic E-state index is 12.8. The number of pyridine rings is 1. The molecule has 2 heterocycles. The minimum absolute atomic E-state index is 0.0690. The van der Waals surface area contributed by atoms with E-state index in [4.69, 9.17) is 9.47 Å². The number of ether oxygens (including phenoxy) is 2. The zero-order valence-electron chi connectivity index (χ0n) is 18.3. The Kier molecular flexibility index (Phi) is 8.04. The predicted molar refractivity (Wildman–Crippen MR) is 114 cm³/mol. The maximum Gasteiger partial charge on any atom is 0.255 e. The zero-order chi connectivity index (χ0) is 21.5. The van der Waals surface area contributed by atoms with Crippen LogP contribution in [0, 0.1) is 12.8 Å². The lowest BCUT2D eigenvalue weighted by atomic mass is 10.1. The Balaban J connectivity index is 1.57. The molecule has 1 saturated carbocycles. The lowest BCUT2D eigenvalue weighted by Crippen LogP contribution is -2.45. The molecule has 1 saturated heterocycles.